The molecule has 18 heavy (non-hydrogen) atoms. The summed E-state index contributed by atoms with van der Waals surface area (Å²) in [5.74, 6) is 1.87. The van der Waals surface area contributed by atoms with E-state index in [1.165, 1.54) is 12.8 Å². The summed E-state index contributed by atoms with van der Waals surface area (Å²) >= 11 is 6.06. The van der Waals surface area contributed by atoms with Gasteiger partial charge >= 0.3 is 0 Å². The average Bonchev–Trinajstić information content (AvgIpc) is 2.75. The molecular weight excluding hydrogens is 266 g/mol. The number of hydrogen-bond acceptors (Lipinski definition) is 2. The Bertz CT molecular complexity index is 424. The Hall–Kier alpha value is -0.380. The topological polar surface area (TPSA) is 43.1 Å². The van der Waals surface area contributed by atoms with Crippen LogP contribution >= 0.6 is 11.6 Å². The molecule has 100 valence electrons. The van der Waals surface area contributed by atoms with Crippen molar-refractivity contribution >= 4 is 22.4 Å². The zero-order valence-electron chi connectivity index (χ0n) is 10.5. The van der Waals surface area contributed by atoms with E-state index in [1.54, 1.807) is 0 Å². The number of hydrogen-bond donors (Lipinski definition) is 1. The Kier molecular flexibility index (Phi) is 5.22. The van der Waals surface area contributed by atoms with Crippen LogP contribution in [-0.4, -0.2) is 16.0 Å². The second kappa shape index (κ2) is 6.69. The molecule has 1 aromatic carbocycles. The van der Waals surface area contributed by atoms with Crippen LogP contribution < -0.4 is 5.73 Å². The summed E-state index contributed by atoms with van der Waals surface area (Å²) in [4.78, 5) is 0. The van der Waals surface area contributed by atoms with E-state index in [-0.39, 0.29) is 0 Å². The van der Waals surface area contributed by atoms with Crippen molar-refractivity contribution in [2.75, 3.05) is 5.75 Å². The van der Waals surface area contributed by atoms with E-state index in [9.17, 15) is 4.21 Å². The van der Waals surface area contributed by atoms with Crippen LogP contribution in [0.5, 0.6) is 0 Å². The first-order valence-corrected chi connectivity index (χ1v) is 8.37. The van der Waals surface area contributed by atoms with Crippen LogP contribution in [0.2, 0.25) is 5.02 Å². The molecule has 0 radical (unpaired) electrons. The minimum atomic E-state index is -0.832. The molecule has 0 spiro atoms. The maximum absolute atomic E-state index is 12.0. The van der Waals surface area contributed by atoms with Crippen molar-refractivity contribution in [2.24, 2.45) is 11.7 Å². The SMILES string of the molecule is NC1CCCC1CCS(=O)Cc1ccccc1Cl. The number of rotatable bonds is 5. The lowest BCUT2D eigenvalue weighted by molar-refractivity contribution is 0.468. The number of halogens is 1. The van der Waals surface area contributed by atoms with E-state index in [0.717, 1.165) is 24.2 Å². The average molecular weight is 286 g/mol. The molecule has 1 saturated carbocycles. The molecule has 2 nitrogen and oxygen atoms in total. The van der Waals surface area contributed by atoms with Gasteiger partial charge in [-0.2, -0.15) is 0 Å². The van der Waals surface area contributed by atoms with E-state index < -0.39 is 10.8 Å². The quantitative estimate of drug-likeness (QED) is 0.903. The normalized spacial score (nSPS) is 25.2. The predicted octanol–water partition coefficient (Wildman–Crippen LogP) is 3.11. The minimum absolute atomic E-state index is 0.322. The lowest BCUT2D eigenvalue weighted by atomic mass is 10.0. The Balaban J connectivity index is 1.80. The van der Waals surface area contributed by atoms with Crippen LogP contribution in [-0.2, 0) is 16.6 Å². The Morgan fingerprint density at radius 2 is 2.11 bits per heavy atom. The van der Waals surface area contributed by atoms with Gasteiger partial charge in [-0.05, 0) is 36.8 Å². The zero-order valence-corrected chi connectivity index (χ0v) is 12.1. The van der Waals surface area contributed by atoms with Gasteiger partial charge in [0.2, 0.25) is 0 Å². The van der Waals surface area contributed by atoms with E-state index in [0.29, 0.717) is 22.7 Å². The monoisotopic (exact) mass is 285 g/mol. The fraction of sp³-hybridized carbons (Fsp3) is 0.571. The number of benzene rings is 1. The molecule has 1 aliphatic carbocycles. The van der Waals surface area contributed by atoms with Crippen molar-refractivity contribution in [3.63, 3.8) is 0 Å². The summed E-state index contributed by atoms with van der Waals surface area (Å²) in [7, 11) is -0.832. The zero-order chi connectivity index (χ0) is 13.0. The highest BCUT2D eigenvalue weighted by molar-refractivity contribution is 7.84. The van der Waals surface area contributed by atoms with Gasteiger partial charge in [-0.15, -0.1) is 0 Å². The fourth-order valence-corrected chi connectivity index (χ4v) is 4.16. The first-order valence-electron chi connectivity index (χ1n) is 6.51. The van der Waals surface area contributed by atoms with Gasteiger partial charge in [-0.1, -0.05) is 36.2 Å². The Morgan fingerprint density at radius 1 is 1.33 bits per heavy atom. The molecule has 1 aliphatic rings. The van der Waals surface area contributed by atoms with Crippen molar-refractivity contribution in [3.8, 4) is 0 Å². The van der Waals surface area contributed by atoms with Gasteiger partial charge in [0, 0.05) is 33.4 Å². The molecule has 0 saturated heterocycles. The largest absolute Gasteiger partial charge is 0.327 e. The minimum Gasteiger partial charge on any atom is -0.327 e. The van der Waals surface area contributed by atoms with Crippen LogP contribution in [0.4, 0.5) is 0 Å². The summed E-state index contributed by atoms with van der Waals surface area (Å²) in [6, 6.07) is 7.95. The summed E-state index contributed by atoms with van der Waals surface area (Å²) in [6.45, 7) is 0. The second-order valence-electron chi connectivity index (χ2n) is 5.02. The predicted molar refractivity (Wildman–Crippen MR) is 78.1 cm³/mol. The molecule has 3 unspecified atom stereocenters. The Labute approximate surface area is 116 Å². The lowest BCUT2D eigenvalue weighted by Gasteiger charge is -2.14. The highest BCUT2D eigenvalue weighted by Gasteiger charge is 2.23. The van der Waals surface area contributed by atoms with Gasteiger partial charge in [0.1, 0.15) is 0 Å². The molecule has 1 fully saturated rings. The molecule has 0 aromatic heterocycles. The van der Waals surface area contributed by atoms with Crippen LogP contribution in [0.15, 0.2) is 24.3 Å². The summed E-state index contributed by atoms with van der Waals surface area (Å²) in [6.07, 6.45) is 4.54. The van der Waals surface area contributed by atoms with Crippen molar-refractivity contribution in [3.05, 3.63) is 34.9 Å². The van der Waals surface area contributed by atoms with Crippen molar-refractivity contribution < 1.29 is 4.21 Å². The molecule has 1 aromatic rings. The standard InChI is InChI=1S/C14H20ClNOS/c15-13-6-2-1-4-12(13)10-18(17)9-8-11-5-3-7-14(11)16/h1-2,4,6,11,14H,3,5,7-10,16H2. The van der Waals surface area contributed by atoms with Gasteiger partial charge in [0.25, 0.3) is 0 Å². The molecule has 3 atom stereocenters. The molecule has 4 heteroatoms. The van der Waals surface area contributed by atoms with Gasteiger partial charge in [0.05, 0.1) is 0 Å². The Morgan fingerprint density at radius 3 is 2.78 bits per heavy atom. The smallest absolute Gasteiger partial charge is 0.0500 e. The van der Waals surface area contributed by atoms with Crippen LogP contribution in [0.1, 0.15) is 31.2 Å². The van der Waals surface area contributed by atoms with Gasteiger partial charge < -0.3 is 5.73 Å². The molecule has 0 heterocycles. The van der Waals surface area contributed by atoms with Gasteiger partial charge in [0.15, 0.2) is 0 Å². The van der Waals surface area contributed by atoms with Crippen LogP contribution in [0.3, 0.4) is 0 Å². The van der Waals surface area contributed by atoms with E-state index in [1.807, 2.05) is 24.3 Å². The van der Waals surface area contributed by atoms with Gasteiger partial charge in [-0.25, -0.2) is 0 Å². The van der Waals surface area contributed by atoms with Crippen molar-refractivity contribution in [1.82, 2.24) is 0 Å². The first kappa shape index (κ1) is 14.0. The van der Waals surface area contributed by atoms with E-state index in [2.05, 4.69) is 0 Å². The third-order valence-corrected chi connectivity index (χ3v) is 5.40. The number of nitrogens with two attached hydrogens (primary N) is 1. The van der Waals surface area contributed by atoms with E-state index in [4.69, 9.17) is 17.3 Å². The third kappa shape index (κ3) is 3.81. The molecule has 0 aliphatic heterocycles. The third-order valence-electron chi connectivity index (χ3n) is 3.71. The molecule has 0 bridgehead atoms. The first-order chi connectivity index (χ1) is 8.66. The summed E-state index contributed by atoms with van der Waals surface area (Å²) in [5.41, 5.74) is 7.00. The molecule has 0 amide bonds. The van der Waals surface area contributed by atoms with Gasteiger partial charge in [-0.3, -0.25) is 4.21 Å². The lowest BCUT2D eigenvalue weighted by Crippen LogP contribution is -2.25. The maximum Gasteiger partial charge on any atom is 0.0500 e. The van der Waals surface area contributed by atoms with Crippen LogP contribution in [0.25, 0.3) is 0 Å². The molecule has 2 rings (SSSR count). The highest BCUT2D eigenvalue weighted by atomic mass is 35.5. The maximum atomic E-state index is 12.0. The van der Waals surface area contributed by atoms with Crippen molar-refractivity contribution in [1.29, 1.82) is 0 Å². The fourth-order valence-electron chi connectivity index (χ4n) is 2.57. The van der Waals surface area contributed by atoms with Crippen LogP contribution in [0, 0.1) is 5.92 Å². The summed E-state index contributed by atoms with van der Waals surface area (Å²) in [5, 5.41) is 0.711. The van der Waals surface area contributed by atoms with E-state index >= 15 is 0 Å². The molecule has 2 N–H and O–H groups in total. The second-order valence-corrected chi connectivity index (χ2v) is 7.01. The summed E-state index contributed by atoms with van der Waals surface area (Å²) < 4.78 is 12.0. The molecular formula is C14H20ClNOS. The van der Waals surface area contributed by atoms with Crippen molar-refractivity contribution in [2.45, 2.75) is 37.5 Å². The highest BCUT2D eigenvalue weighted by Crippen LogP contribution is 2.27.